The zero-order valence-corrected chi connectivity index (χ0v) is 13.4. The molecule has 0 spiro atoms. The first-order valence-electron chi connectivity index (χ1n) is 7.96. The number of benzene rings is 1. The lowest BCUT2D eigenvalue weighted by Crippen LogP contribution is -2.44. The first-order chi connectivity index (χ1) is 10.2. The van der Waals surface area contributed by atoms with Gasteiger partial charge in [0.25, 0.3) is 0 Å². The maximum absolute atomic E-state index is 12.6. The van der Waals surface area contributed by atoms with E-state index in [0.717, 1.165) is 18.7 Å². The van der Waals surface area contributed by atoms with E-state index in [1.807, 2.05) is 35.2 Å². The fourth-order valence-corrected chi connectivity index (χ4v) is 4.33. The lowest BCUT2D eigenvalue weighted by atomic mass is 9.82. The number of nitrogens with zero attached hydrogens (tertiary/aromatic N) is 1. The van der Waals surface area contributed by atoms with Crippen LogP contribution in [0, 0.1) is 11.8 Å². The molecule has 1 amide bonds. The average Bonchev–Trinajstić information content (AvgIpc) is 3.20. The summed E-state index contributed by atoms with van der Waals surface area (Å²) >= 11 is 0. The summed E-state index contributed by atoms with van der Waals surface area (Å²) < 4.78 is 5.95. The van der Waals surface area contributed by atoms with Crippen molar-refractivity contribution >= 4 is 18.3 Å². The maximum atomic E-state index is 12.6. The van der Waals surface area contributed by atoms with Crippen molar-refractivity contribution in [1.29, 1.82) is 0 Å². The predicted molar refractivity (Wildman–Crippen MR) is 86.8 cm³/mol. The number of halogens is 1. The second-order valence-corrected chi connectivity index (χ2v) is 6.66. The minimum atomic E-state index is -0.426. The van der Waals surface area contributed by atoms with Crippen LogP contribution in [0.3, 0.4) is 0 Å². The van der Waals surface area contributed by atoms with Crippen LogP contribution in [0.15, 0.2) is 30.3 Å². The number of hydrogen-bond donors (Lipinski definition) is 1. The van der Waals surface area contributed by atoms with Crippen LogP contribution >= 0.6 is 12.4 Å². The van der Waals surface area contributed by atoms with Gasteiger partial charge in [0.2, 0.25) is 5.91 Å². The van der Waals surface area contributed by atoms with Gasteiger partial charge in [-0.05, 0) is 24.8 Å². The number of nitrogens with two attached hydrogens (primary N) is 1. The van der Waals surface area contributed by atoms with Crippen LogP contribution in [0.4, 0.5) is 0 Å². The SMILES string of the molecule is Cl.N[C@@H](Cc1ccccc1)C(=O)N1CC2C3CCC(O3)C2C1. The second kappa shape index (κ2) is 6.19. The molecule has 5 heteroatoms. The van der Waals surface area contributed by atoms with Gasteiger partial charge in [-0.15, -0.1) is 12.4 Å². The fraction of sp³-hybridized carbons (Fsp3) is 0.588. The molecule has 4 nitrogen and oxygen atoms in total. The third kappa shape index (κ3) is 2.64. The Kier molecular flexibility index (Phi) is 4.44. The van der Waals surface area contributed by atoms with Gasteiger partial charge < -0.3 is 15.4 Å². The summed E-state index contributed by atoms with van der Waals surface area (Å²) in [5.74, 6) is 1.21. The molecule has 22 heavy (non-hydrogen) atoms. The van der Waals surface area contributed by atoms with Gasteiger partial charge in [0.1, 0.15) is 0 Å². The summed E-state index contributed by atoms with van der Waals surface area (Å²) in [6, 6.07) is 9.59. The number of carbonyl (C=O) groups excluding carboxylic acids is 1. The van der Waals surface area contributed by atoms with Gasteiger partial charge in [-0.2, -0.15) is 0 Å². The number of rotatable bonds is 3. The van der Waals surface area contributed by atoms with Gasteiger partial charge in [-0.3, -0.25) is 4.79 Å². The molecule has 3 fully saturated rings. The van der Waals surface area contributed by atoms with Crippen molar-refractivity contribution < 1.29 is 9.53 Å². The summed E-state index contributed by atoms with van der Waals surface area (Å²) in [5.41, 5.74) is 7.27. The first-order valence-corrected chi connectivity index (χ1v) is 7.96. The molecule has 4 rings (SSSR count). The van der Waals surface area contributed by atoms with Crippen LogP contribution in [0.2, 0.25) is 0 Å². The van der Waals surface area contributed by atoms with E-state index in [2.05, 4.69) is 0 Å². The zero-order valence-electron chi connectivity index (χ0n) is 12.6. The van der Waals surface area contributed by atoms with E-state index in [0.29, 0.717) is 30.5 Å². The molecule has 3 aliphatic heterocycles. The standard InChI is InChI=1S/C17H22N2O2.ClH/c18-14(8-11-4-2-1-3-5-11)17(20)19-9-12-13(10-19)16-7-6-15(12)21-16;/h1-5,12-16H,6-10,18H2;1H/t12?,13?,14-,15?,16?;/m0./s1. The van der Waals surface area contributed by atoms with E-state index in [4.69, 9.17) is 10.5 Å². The summed E-state index contributed by atoms with van der Waals surface area (Å²) in [6.45, 7) is 1.68. The summed E-state index contributed by atoms with van der Waals surface area (Å²) in [4.78, 5) is 14.6. The van der Waals surface area contributed by atoms with E-state index in [9.17, 15) is 4.79 Å². The molecule has 0 aromatic heterocycles. The van der Waals surface area contributed by atoms with Crippen molar-refractivity contribution in [2.75, 3.05) is 13.1 Å². The Labute approximate surface area is 137 Å². The third-order valence-electron chi connectivity index (χ3n) is 5.38. The topological polar surface area (TPSA) is 55.6 Å². The molecule has 2 N–H and O–H groups in total. The molecule has 0 saturated carbocycles. The Morgan fingerprint density at radius 1 is 1.18 bits per heavy atom. The summed E-state index contributed by atoms with van der Waals surface area (Å²) in [6.07, 6.45) is 3.74. The Morgan fingerprint density at radius 2 is 1.77 bits per heavy atom. The zero-order chi connectivity index (χ0) is 14.4. The molecule has 4 unspecified atom stereocenters. The minimum absolute atomic E-state index is 0. The summed E-state index contributed by atoms with van der Waals surface area (Å²) in [7, 11) is 0. The molecular weight excluding hydrogens is 300 g/mol. The average molecular weight is 323 g/mol. The van der Waals surface area contributed by atoms with E-state index in [1.54, 1.807) is 0 Å². The Balaban J connectivity index is 0.00000144. The van der Waals surface area contributed by atoms with Crippen molar-refractivity contribution in [3.63, 3.8) is 0 Å². The number of carbonyl (C=O) groups is 1. The fourth-order valence-electron chi connectivity index (χ4n) is 4.33. The molecule has 3 heterocycles. The Hall–Kier alpha value is -1.10. The predicted octanol–water partition coefficient (Wildman–Crippen LogP) is 1.61. The van der Waals surface area contributed by atoms with Crippen LogP contribution in [-0.2, 0) is 16.0 Å². The van der Waals surface area contributed by atoms with Gasteiger partial charge >= 0.3 is 0 Å². The van der Waals surface area contributed by atoms with E-state index in [-0.39, 0.29) is 18.3 Å². The molecule has 0 aliphatic carbocycles. The minimum Gasteiger partial charge on any atom is -0.374 e. The lowest BCUT2D eigenvalue weighted by molar-refractivity contribution is -0.132. The summed E-state index contributed by atoms with van der Waals surface area (Å²) in [5, 5.41) is 0. The lowest BCUT2D eigenvalue weighted by Gasteiger charge is -2.22. The van der Waals surface area contributed by atoms with Crippen molar-refractivity contribution in [3.8, 4) is 0 Å². The number of amides is 1. The molecule has 2 bridgehead atoms. The van der Waals surface area contributed by atoms with Crippen molar-refractivity contribution in [1.82, 2.24) is 4.90 Å². The van der Waals surface area contributed by atoms with Crippen molar-refractivity contribution in [3.05, 3.63) is 35.9 Å². The monoisotopic (exact) mass is 322 g/mol. The number of hydrogen-bond acceptors (Lipinski definition) is 3. The highest BCUT2D eigenvalue weighted by atomic mass is 35.5. The Bertz CT molecular complexity index is 521. The molecular formula is C17H23ClN2O2. The number of fused-ring (bicyclic) bond motifs is 5. The van der Waals surface area contributed by atoms with Gasteiger partial charge in [0, 0.05) is 24.9 Å². The van der Waals surface area contributed by atoms with Gasteiger partial charge in [-0.25, -0.2) is 0 Å². The largest absolute Gasteiger partial charge is 0.374 e. The third-order valence-corrected chi connectivity index (χ3v) is 5.38. The quantitative estimate of drug-likeness (QED) is 0.920. The molecule has 3 aliphatic rings. The number of ether oxygens (including phenoxy) is 1. The Morgan fingerprint density at radius 3 is 2.36 bits per heavy atom. The van der Waals surface area contributed by atoms with Crippen LogP contribution in [0.1, 0.15) is 18.4 Å². The highest BCUT2D eigenvalue weighted by Crippen LogP contribution is 2.47. The van der Waals surface area contributed by atoms with Gasteiger partial charge in [0.15, 0.2) is 0 Å². The van der Waals surface area contributed by atoms with Crippen LogP contribution in [0.5, 0.6) is 0 Å². The van der Waals surface area contributed by atoms with E-state index in [1.165, 1.54) is 12.8 Å². The normalized spacial score (nSPS) is 33.4. The molecule has 1 aromatic rings. The van der Waals surface area contributed by atoms with Crippen LogP contribution in [0.25, 0.3) is 0 Å². The highest BCUT2D eigenvalue weighted by Gasteiger charge is 2.53. The molecule has 0 radical (unpaired) electrons. The van der Waals surface area contributed by atoms with Crippen LogP contribution in [-0.4, -0.2) is 42.1 Å². The smallest absolute Gasteiger partial charge is 0.239 e. The van der Waals surface area contributed by atoms with Crippen molar-refractivity contribution in [2.45, 2.75) is 37.5 Å². The molecule has 1 aromatic carbocycles. The van der Waals surface area contributed by atoms with Crippen LogP contribution < -0.4 is 5.73 Å². The first kappa shape index (κ1) is 15.8. The van der Waals surface area contributed by atoms with Crippen molar-refractivity contribution in [2.24, 2.45) is 17.6 Å². The second-order valence-electron chi connectivity index (χ2n) is 6.66. The van der Waals surface area contributed by atoms with E-state index >= 15 is 0 Å². The molecule has 120 valence electrons. The molecule has 3 saturated heterocycles. The van der Waals surface area contributed by atoms with Gasteiger partial charge in [-0.1, -0.05) is 30.3 Å². The van der Waals surface area contributed by atoms with Gasteiger partial charge in [0.05, 0.1) is 18.2 Å². The highest BCUT2D eigenvalue weighted by molar-refractivity contribution is 5.85. The van der Waals surface area contributed by atoms with E-state index < -0.39 is 6.04 Å². The number of likely N-dealkylation sites (tertiary alicyclic amines) is 1. The molecule has 5 atom stereocenters. The maximum Gasteiger partial charge on any atom is 0.239 e.